The Morgan fingerprint density at radius 2 is 0.984 bits per heavy atom. The predicted octanol–water partition coefficient (Wildman–Crippen LogP) is 9.99. The first-order valence-electron chi connectivity index (χ1n) is 24.9. The van der Waals surface area contributed by atoms with Gasteiger partial charge in [0.2, 0.25) is 0 Å². The predicted molar refractivity (Wildman–Crippen MR) is 262 cm³/mol. The van der Waals surface area contributed by atoms with Gasteiger partial charge in [0.05, 0.1) is 4.90 Å². The Bertz CT molecular complexity index is 2350. The standard InChI is InChI=1S/C18H25NO2S.C18H25NOS.C18H25NS/c1-19-10-9-18-8-4-3-5-15(18)17(19)11-13-6-7-14(12-16(13)18)22(2,20)21;1-19-10-9-18-8-4-3-5-15(18)17(19)11-13-6-7-14(21(2)20)12-16(13)18;1-19-10-9-18-8-4-3-5-15(18)17(19)11-13-6-7-14(20-2)12-16(13)18/h6-7,12,15,17H,3-5,8-11H2,1-2H3;6-7,12,15,17H,3-5,8-11H2,1-2H3;6-7,12,15,17H,3-5,8-11H2,1-2H3/t15-,17+,18+;15-,17+,18+,21?;15-,17+,18+/m111/s1. The fourth-order valence-corrected chi connectivity index (χ4v) is 17.7. The lowest BCUT2D eigenvalue weighted by Gasteiger charge is -2.58. The average Bonchev–Trinajstić information content (AvgIpc) is 3.29. The summed E-state index contributed by atoms with van der Waals surface area (Å²) in [5.41, 5.74) is 10.4. The van der Waals surface area contributed by atoms with E-state index in [2.05, 4.69) is 84.6 Å². The van der Waals surface area contributed by atoms with Crippen LogP contribution < -0.4 is 0 Å². The molecule has 3 aromatic rings. The van der Waals surface area contributed by atoms with Gasteiger partial charge in [0.1, 0.15) is 0 Å². The Morgan fingerprint density at radius 3 is 1.41 bits per heavy atom. The van der Waals surface area contributed by atoms with Crippen LogP contribution in [-0.4, -0.2) is 105 Å². The minimum absolute atomic E-state index is 0.240. The van der Waals surface area contributed by atoms with Crippen molar-refractivity contribution in [2.24, 2.45) is 17.8 Å². The molecule has 3 aliphatic heterocycles. The van der Waals surface area contributed by atoms with Crippen molar-refractivity contribution in [3.8, 4) is 0 Å². The summed E-state index contributed by atoms with van der Waals surface area (Å²) in [5.74, 6) is 2.44. The SMILES string of the molecule is CN1CC[C@@]23CCCC[C@@H]2[C@@H]1Cc1ccc(S(C)(=O)=O)cc13.CN1CC[C@@]23CCCC[C@@H]2[C@@H]1Cc1ccc(S(C)=O)cc13.CSc1ccc2c(c1)[C@]13CCCC[C@@H]1[C@H](C2)N(C)CC3. The van der Waals surface area contributed by atoms with Crippen LogP contribution in [0.1, 0.15) is 130 Å². The van der Waals surface area contributed by atoms with Crippen LogP contribution in [0.4, 0.5) is 0 Å². The zero-order valence-corrected chi connectivity index (χ0v) is 41.8. The van der Waals surface area contributed by atoms with Gasteiger partial charge in [-0.3, -0.25) is 4.21 Å². The third kappa shape index (κ3) is 7.59. The van der Waals surface area contributed by atoms with E-state index in [9.17, 15) is 12.6 Å². The van der Waals surface area contributed by atoms with E-state index in [1.165, 1.54) is 150 Å². The highest BCUT2D eigenvalue weighted by Crippen LogP contribution is 2.58. The summed E-state index contributed by atoms with van der Waals surface area (Å²) in [6.45, 7) is 3.66. The summed E-state index contributed by atoms with van der Waals surface area (Å²) in [5, 5.41) is 0. The third-order valence-electron chi connectivity index (χ3n) is 19.3. The normalized spacial score (nSPS) is 35.9. The molecule has 6 fully saturated rings. The number of sulfone groups is 1. The number of piperidine rings is 3. The van der Waals surface area contributed by atoms with Gasteiger partial charge in [-0.1, -0.05) is 56.7 Å². The highest BCUT2D eigenvalue weighted by atomic mass is 32.2. The van der Waals surface area contributed by atoms with E-state index in [1.807, 2.05) is 23.9 Å². The highest BCUT2D eigenvalue weighted by molar-refractivity contribution is 7.98. The molecule has 0 aromatic heterocycles. The van der Waals surface area contributed by atoms with Gasteiger partial charge in [0.25, 0.3) is 0 Å². The van der Waals surface area contributed by atoms with E-state index in [1.54, 1.807) is 22.9 Å². The summed E-state index contributed by atoms with van der Waals surface area (Å²) in [4.78, 5) is 10.8. The smallest absolute Gasteiger partial charge is 0.175 e. The second-order valence-electron chi connectivity index (χ2n) is 21.9. The zero-order valence-electron chi connectivity index (χ0n) is 39.3. The molecule has 0 N–H and O–H groups in total. The molecule has 63 heavy (non-hydrogen) atoms. The summed E-state index contributed by atoms with van der Waals surface area (Å²) in [6.07, 6.45) is 29.2. The topological polar surface area (TPSA) is 60.9 Å². The largest absolute Gasteiger partial charge is 0.303 e. The van der Waals surface area contributed by atoms with Crippen LogP contribution in [0.2, 0.25) is 0 Å². The fourth-order valence-electron chi connectivity index (χ4n) is 16.1. The number of hydrogen-bond donors (Lipinski definition) is 0. The molecule has 3 saturated carbocycles. The maximum Gasteiger partial charge on any atom is 0.175 e. The Balaban J connectivity index is 0.000000112. The molecule has 6 nitrogen and oxygen atoms in total. The molecular formula is C54H75N3O3S3. The molecule has 12 rings (SSSR count). The number of rotatable bonds is 3. The van der Waals surface area contributed by atoms with E-state index in [0.717, 1.165) is 41.8 Å². The molecule has 3 heterocycles. The minimum Gasteiger partial charge on any atom is -0.303 e. The lowest BCUT2D eigenvalue weighted by molar-refractivity contribution is 0.00269. The van der Waals surface area contributed by atoms with Crippen LogP contribution in [0.15, 0.2) is 69.3 Å². The summed E-state index contributed by atoms with van der Waals surface area (Å²) in [7, 11) is 2.93. The number of nitrogens with zero attached hydrogens (tertiary/aromatic N) is 3. The molecule has 10 atom stereocenters. The van der Waals surface area contributed by atoms with Crippen LogP contribution >= 0.6 is 11.8 Å². The number of likely N-dealkylation sites (N-methyl/N-ethyl adjacent to an activating group) is 3. The van der Waals surface area contributed by atoms with E-state index in [4.69, 9.17) is 0 Å². The van der Waals surface area contributed by atoms with Gasteiger partial charge in [-0.25, -0.2) is 8.42 Å². The molecule has 3 aromatic carbocycles. The lowest BCUT2D eigenvalue weighted by atomic mass is 9.52. The Kier molecular flexibility index (Phi) is 12.3. The Labute approximate surface area is 387 Å². The van der Waals surface area contributed by atoms with Crippen LogP contribution in [0.5, 0.6) is 0 Å². The number of fused-ring (bicyclic) bond motifs is 3. The summed E-state index contributed by atoms with van der Waals surface area (Å²) < 4.78 is 35.9. The van der Waals surface area contributed by atoms with Crippen molar-refractivity contribution in [2.45, 2.75) is 165 Å². The second-order valence-corrected chi connectivity index (χ2v) is 26.2. The number of hydrogen-bond acceptors (Lipinski definition) is 7. The van der Waals surface area contributed by atoms with E-state index >= 15 is 0 Å². The number of likely N-dealkylation sites (tertiary alicyclic amines) is 3. The molecule has 9 aliphatic rings. The molecule has 6 aliphatic carbocycles. The fraction of sp³-hybridized carbons (Fsp3) is 0.667. The van der Waals surface area contributed by atoms with Gasteiger partial charge in [-0.05, 0) is 212 Å². The second kappa shape index (κ2) is 17.3. The maximum absolute atomic E-state index is 12.0. The molecule has 0 radical (unpaired) electrons. The molecular weight excluding hydrogens is 835 g/mol. The van der Waals surface area contributed by atoms with E-state index in [-0.39, 0.29) is 5.41 Å². The van der Waals surface area contributed by atoms with Crippen LogP contribution in [-0.2, 0) is 56.1 Å². The van der Waals surface area contributed by atoms with Gasteiger partial charge in [0.15, 0.2) is 9.84 Å². The highest BCUT2D eigenvalue weighted by Gasteiger charge is 2.55. The first kappa shape index (κ1) is 44.8. The van der Waals surface area contributed by atoms with Crippen molar-refractivity contribution in [2.75, 3.05) is 59.5 Å². The van der Waals surface area contributed by atoms with Gasteiger partial charge < -0.3 is 14.7 Å². The molecule has 6 bridgehead atoms. The molecule has 0 spiro atoms. The average molecular weight is 910 g/mol. The van der Waals surface area contributed by atoms with Gasteiger partial charge in [-0.2, -0.15) is 0 Å². The van der Waals surface area contributed by atoms with Crippen LogP contribution in [0, 0.1) is 17.8 Å². The van der Waals surface area contributed by atoms with E-state index < -0.39 is 20.6 Å². The molecule has 3 saturated heterocycles. The molecule has 1 unspecified atom stereocenters. The summed E-state index contributed by atoms with van der Waals surface area (Å²) in [6, 6.07) is 22.0. The van der Waals surface area contributed by atoms with Crippen LogP contribution in [0.3, 0.4) is 0 Å². The minimum atomic E-state index is -3.13. The number of benzene rings is 3. The summed E-state index contributed by atoms with van der Waals surface area (Å²) >= 11 is 1.90. The van der Waals surface area contributed by atoms with Gasteiger partial charge >= 0.3 is 0 Å². The van der Waals surface area contributed by atoms with Crippen molar-refractivity contribution in [1.82, 2.24) is 14.7 Å². The van der Waals surface area contributed by atoms with Crippen molar-refractivity contribution < 1.29 is 12.6 Å². The van der Waals surface area contributed by atoms with Gasteiger partial charge in [0, 0.05) is 67.5 Å². The van der Waals surface area contributed by atoms with Crippen molar-refractivity contribution in [3.63, 3.8) is 0 Å². The van der Waals surface area contributed by atoms with Crippen molar-refractivity contribution in [3.05, 3.63) is 88.0 Å². The Morgan fingerprint density at radius 1 is 0.571 bits per heavy atom. The monoisotopic (exact) mass is 909 g/mol. The first-order valence-corrected chi connectivity index (χ1v) is 29.5. The Hall–Kier alpha value is -2.01. The zero-order chi connectivity index (χ0) is 43.9. The molecule has 0 amide bonds. The maximum atomic E-state index is 12.0. The first-order chi connectivity index (χ1) is 30.3. The third-order valence-corrected chi connectivity index (χ3v) is 22.0. The quantitative estimate of drug-likeness (QED) is 0.243. The van der Waals surface area contributed by atoms with Crippen molar-refractivity contribution in [1.29, 1.82) is 0 Å². The van der Waals surface area contributed by atoms with Crippen LogP contribution in [0.25, 0.3) is 0 Å². The number of thioether (sulfide) groups is 1. The van der Waals surface area contributed by atoms with Crippen molar-refractivity contribution >= 4 is 32.4 Å². The lowest BCUT2D eigenvalue weighted by Crippen LogP contribution is -2.59. The molecule has 342 valence electrons. The van der Waals surface area contributed by atoms with Gasteiger partial charge in [-0.15, -0.1) is 11.8 Å². The molecule has 9 heteroatoms. The van der Waals surface area contributed by atoms with E-state index in [0.29, 0.717) is 27.7 Å².